The Balaban J connectivity index is 1.77. The summed E-state index contributed by atoms with van der Waals surface area (Å²) in [5.41, 5.74) is 2.98. The van der Waals surface area contributed by atoms with Crippen LogP contribution in [0.15, 0.2) is 54.2 Å². The van der Waals surface area contributed by atoms with Crippen LogP contribution in [-0.2, 0) is 17.8 Å². The molecule has 1 aliphatic heterocycles. The number of urea groups is 1. The average Bonchev–Trinajstić information content (AvgIpc) is 2.85. The minimum Gasteiger partial charge on any atom is -0.303 e. The molecule has 0 aromatic heterocycles. The van der Waals surface area contributed by atoms with E-state index in [1.54, 1.807) is 18.2 Å². The minimum atomic E-state index is -0.472. The van der Waals surface area contributed by atoms with Gasteiger partial charge in [-0.05, 0) is 41.3 Å². The molecule has 2 aromatic carbocycles. The SMILES string of the molecule is CCc1ccc(C=C2NC(=O)N(Cc3ccc(F)cc3)C2=O)cc1. The van der Waals surface area contributed by atoms with Crippen molar-refractivity contribution in [2.75, 3.05) is 0 Å². The number of nitrogens with zero attached hydrogens (tertiary/aromatic N) is 1. The highest BCUT2D eigenvalue weighted by Gasteiger charge is 2.33. The van der Waals surface area contributed by atoms with Crippen LogP contribution in [0.25, 0.3) is 6.08 Å². The first-order chi connectivity index (χ1) is 11.6. The zero-order valence-corrected chi connectivity index (χ0v) is 13.3. The molecule has 1 N–H and O–H groups in total. The Hall–Kier alpha value is -2.95. The van der Waals surface area contributed by atoms with Gasteiger partial charge >= 0.3 is 6.03 Å². The average molecular weight is 324 g/mol. The first-order valence-corrected chi connectivity index (χ1v) is 7.74. The number of carbonyl (C=O) groups excluding carboxylic acids is 2. The molecule has 2 aromatic rings. The first kappa shape index (κ1) is 15.9. The van der Waals surface area contributed by atoms with Gasteiger partial charge in [-0.3, -0.25) is 9.69 Å². The molecule has 4 nitrogen and oxygen atoms in total. The van der Waals surface area contributed by atoms with Gasteiger partial charge in [0.25, 0.3) is 5.91 Å². The number of rotatable bonds is 4. The number of nitrogens with one attached hydrogen (secondary N) is 1. The smallest absolute Gasteiger partial charge is 0.303 e. The van der Waals surface area contributed by atoms with Gasteiger partial charge in [0.05, 0.1) is 6.54 Å². The molecule has 1 aliphatic rings. The molecule has 0 atom stereocenters. The second-order valence-electron chi connectivity index (χ2n) is 5.60. The van der Waals surface area contributed by atoms with E-state index in [1.165, 1.54) is 17.7 Å². The van der Waals surface area contributed by atoms with E-state index >= 15 is 0 Å². The standard InChI is InChI=1S/C19H17FN2O2/c1-2-13-3-5-14(6-4-13)11-17-18(23)22(19(24)21-17)12-15-7-9-16(20)10-8-15/h3-11H,2,12H2,1H3,(H,21,24). The van der Waals surface area contributed by atoms with Crippen LogP contribution in [0, 0.1) is 5.82 Å². The van der Waals surface area contributed by atoms with Gasteiger partial charge in [-0.2, -0.15) is 0 Å². The van der Waals surface area contributed by atoms with Crippen molar-refractivity contribution in [2.24, 2.45) is 0 Å². The molecular formula is C19H17FN2O2. The fourth-order valence-corrected chi connectivity index (χ4v) is 2.50. The molecule has 1 heterocycles. The van der Waals surface area contributed by atoms with Crippen molar-refractivity contribution in [3.8, 4) is 0 Å². The van der Waals surface area contributed by atoms with Crippen molar-refractivity contribution in [1.29, 1.82) is 0 Å². The van der Waals surface area contributed by atoms with Crippen molar-refractivity contribution >= 4 is 18.0 Å². The van der Waals surface area contributed by atoms with Crippen molar-refractivity contribution in [3.05, 3.63) is 76.7 Å². The fraction of sp³-hybridized carbons (Fsp3) is 0.158. The molecule has 0 aliphatic carbocycles. The molecule has 3 rings (SSSR count). The normalized spacial score (nSPS) is 15.9. The van der Waals surface area contributed by atoms with Crippen LogP contribution < -0.4 is 5.32 Å². The van der Waals surface area contributed by atoms with Gasteiger partial charge in [0, 0.05) is 0 Å². The quantitative estimate of drug-likeness (QED) is 0.691. The number of hydrogen-bond donors (Lipinski definition) is 1. The van der Waals surface area contributed by atoms with E-state index in [2.05, 4.69) is 12.2 Å². The summed E-state index contributed by atoms with van der Waals surface area (Å²) in [6.45, 7) is 2.18. The monoisotopic (exact) mass is 324 g/mol. The third kappa shape index (κ3) is 3.35. The maximum absolute atomic E-state index is 12.9. The summed E-state index contributed by atoms with van der Waals surface area (Å²) in [7, 11) is 0. The molecule has 3 amide bonds. The van der Waals surface area contributed by atoms with Gasteiger partial charge in [-0.1, -0.05) is 43.3 Å². The van der Waals surface area contributed by atoms with Crippen LogP contribution in [0.5, 0.6) is 0 Å². The summed E-state index contributed by atoms with van der Waals surface area (Å²) in [6.07, 6.45) is 2.60. The summed E-state index contributed by atoms with van der Waals surface area (Å²) in [6, 6.07) is 13.1. The highest BCUT2D eigenvalue weighted by Crippen LogP contribution is 2.17. The van der Waals surface area contributed by atoms with E-state index in [-0.39, 0.29) is 24.0 Å². The Morgan fingerprint density at radius 1 is 1.00 bits per heavy atom. The van der Waals surface area contributed by atoms with Crippen molar-refractivity contribution < 1.29 is 14.0 Å². The molecule has 24 heavy (non-hydrogen) atoms. The number of benzene rings is 2. The van der Waals surface area contributed by atoms with Gasteiger partial charge < -0.3 is 5.32 Å². The summed E-state index contributed by atoms with van der Waals surface area (Å²) in [5.74, 6) is -0.740. The molecule has 0 bridgehead atoms. The molecule has 0 radical (unpaired) electrons. The lowest BCUT2D eigenvalue weighted by Gasteiger charge is -2.11. The lowest BCUT2D eigenvalue weighted by atomic mass is 10.1. The highest BCUT2D eigenvalue weighted by molar-refractivity contribution is 6.13. The Bertz CT molecular complexity index is 795. The van der Waals surface area contributed by atoms with Gasteiger partial charge in [-0.15, -0.1) is 0 Å². The number of imide groups is 1. The lowest BCUT2D eigenvalue weighted by molar-refractivity contribution is -0.123. The van der Waals surface area contributed by atoms with Crippen LogP contribution >= 0.6 is 0 Å². The van der Waals surface area contributed by atoms with E-state index in [9.17, 15) is 14.0 Å². The number of halogens is 1. The molecule has 0 saturated carbocycles. The second kappa shape index (κ2) is 6.66. The number of aryl methyl sites for hydroxylation is 1. The molecule has 0 unspecified atom stereocenters. The Morgan fingerprint density at radius 2 is 1.62 bits per heavy atom. The Kier molecular flexibility index (Phi) is 4.42. The van der Waals surface area contributed by atoms with E-state index < -0.39 is 6.03 Å². The summed E-state index contributed by atoms with van der Waals surface area (Å²) in [5, 5.41) is 2.59. The van der Waals surface area contributed by atoms with Gasteiger partial charge in [0.2, 0.25) is 0 Å². The maximum Gasteiger partial charge on any atom is 0.329 e. The van der Waals surface area contributed by atoms with Crippen molar-refractivity contribution in [3.63, 3.8) is 0 Å². The molecule has 1 fully saturated rings. The largest absolute Gasteiger partial charge is 0.329 e. The second-order valence-corrected chi connectivity index (χ2v) is 5.60. The number of hydrogen-bond acceptors (Lipinski definition) is 2. The van der Waals surface area contributed by atoms with E-state index in [0.29, 0.717) is 5.56 Å². The molecule has 5 heteroatoms. The topological polar surface area (TPSA) is 49.4 Å². The molecule has 0 spiro atoms. The third-order valence-electron chi connectivity index (χ3n) is 3.92. The third-order valence-corrected chi connectivity index (χ3v) is 3.92. The van der Waals surface area contributed by atoms with Crippen LogP contribution in [0.4, 0.5) is 9.18 Å². The van der Waals surface area contributed by atoms with Crippen LogP contribution in [0.1, 0.15) is 23.6 Å². The zero-order chi connectivity index (χ0) is 17.1. The zero-order valence-electron chi connectivity index (χ0n) is 13.3. The Labute approximate surface area is 139 Å². The predicted octanol–water partition coefficient (Wildman–Crippen LogP) is 3.48. The number of carbonyl (C=O) groups is 2. The fourth-order valence-electron chi connectivity index (χ4n) is 2.50. The maximum atomic E-state index is 12.9. The lowest BCUT2D eigenvalue weighted by Crippen LogP contribution is -2.30. The van der Waals surface area contributed by atoms with Crippen molar-refractivity contribution in [2.45, 2.75) is 19.9 Å². The minimum absolute atomic E-state index is 0.108. The highest BCUT2D eigenvalue weighted by atomic mass is 19.1. The Morgan fingerprint density at radius 3 is 2.25 bits per heavy atom. The van der Waals surface area contributed by atoms with E-state index in [4.69, 9.17) is 0 Å². The van der Waals surface area contributed by atoms with Crippen LogP contribution in [0.3, 0.4) is 0 Å². The molecular weight excluding hydrogens is 307 g/mol. The van der Waals surface area contributed by atoms with Crippen LogP contribution in [0.2, 0.25) is 0 Å². The van der Waals surface area contributed by atoms with Crippen molar-refractivity contribution in [1.82, 2.24) is 10.2 Å². The molecule has 122 valence electrons. The first-order valence-electron chi connectivity index (χ1n) is 7.74. The molecule has 1 saturated heterocycles. The van der Waals surface area contributed by atoms with Gasteiger partial charge in [0.15, 0.2) is 0 Å². The number of amides is 3. The van der Waals surface area contributed by atoms with E-state index in [0.717, 1.165) is 16.9 Å². The summed E-state index contributed by atoms with van der Waals surface area (Å²) < 4.78 is 12.9. The summed E-state index contributed by atoms with van der Waals surface area (Å²) in [4.78, 5) is 25.6. The van der Waals surface area contributed by atoms with Crippen LogP contribution in [-0.4, -0.2) is 16.8 Å². The summed E-state index contributed by atoms with van der Waals surface area (Å²) >= 11 is 0. The predicted molar refractivity (Wildman–Crippen MR) is 89.3 cm³/mol. The van der Waals surface area contributed by atoms with Gasteiger partial charge in [0.1, 0.15) is 11.5 Å². The van der Waals surface area contributed by atoms with Gasteiger partial charge in [-0.25, -0.2) is 9.18 Å². The van der Waals surface area contributed by atoms with E-state index in [1.807, 2.05) is 24.3 Å².